The Hall–Kier alpha value is -0.0400. The van der Waals surface area contributed by atoms with Gasteiger partial charge in [-0.2, -0.15) is 0 Å². The van der Waals surface area contributed by atoms with Gasteiger partial charge in [-0.1, -0.05) is 103 Å². The molecule has 0 unspecified atom stereocenters. The zero-order valence-corrected chi connectivity index (χ0v) is 16.3. The van der Waals surface area contributed by atoms with Crippen LogP contribution in [0.5, 0.6) is 0 Å². The lowest BCUT2D eigenvalue weighted by atomic mass is 10.0. The smallest absolute Gasteiger partial charge is 0.00187 e. The first-order chi connectivity index (χ1) is 11.4. The molecule has 1 rings (SSSR count). The van der Waals surface area contributed by atoms with Gasteiger partial charge < -0.3 is 4.90 Å². The maximum atomic E-state index is 2.72. The van der Waals surface area contributed by atoms with Crippen LogP contribution in [-0.4, -0.2) is 24.5 Å². The minimum atomic E-state index is 1.37. The van der Waals surface area contributed by atoms with E-state index in [9.17, 15) is 0 Å². The van der Waals surface area contributed by atoms with E-state index in [1.54, 1.807) is 0 Å². The lowest BCUT2D eigenvalue weighted by Gasteiger charge is -2.19. The molecule has 1 heterocycles. The van der Waals surface area contributed by atoms with Crippen molar-refractivity contribution in [2.24, 2.45) is 0 Å². The zero-order chi connectivity index (χ0) is 16.4. The summed E-state index contributed by atoms with van der Waals surface area (Å²) in [6.45, 7) is 6.42. The second-order valence-electron chi connectivity index (χ2n) is 7.85. The molecule has 1 nitrogen and oxygen atoms in total. The van der Waals surface area contributed by atoms with Crippen LogP contribution in [0.25, 0.3) is 0 Å². The average Bonchev–Trinajstić information content (AvgIpc) is 2.84. The van der Waals surface area contributed by atoms with E-state index in [4.69, 9.17) is 0 Å². The van der Waals surface area contributed by atoms with Crippen molar-refractivity contribution in [3.63, 3.8) is 0 Å². The van der Waals surface area contributed by atoms with Crippen LogP contribution in [0, 0.1) is 0 Å². The highest BCUT2D eigenvalue weighted by Gasteiger charge is 2.07. The van der Waals surface area contributed by atoms with Gasteiger partial charge in [-0.05, 0) is 38.9 Å². The molecule has 1 aliphatic heterocycles. The molecule has 23 heavy (non-hydrogen) atoms. The first kappa shape index (κ1) is 21.0. The quantitative estimate of drug-likeness (QED) is 0.285. The van der Waals surface area contributed by atoms with Crippen LogP contribution >= 0.6 is 0 Å². The number of nitrogens with zero attached hydrogens (tertiary/aromatic N) is 1. The molecule has 0 saturated carbocycles. The molecular weight excluding hydrogens is 278 g/mol. The van der Waals surface area contributed by atoms with Crippen molar-refractivity contribution < 1.29 is 0 Å². The van der Waals surface area contributed by atoms with Crippen LogP contribution in [0.3, 0.4) is 0 Å². The average molecular weight is 324 g/mol. The number of likely N-dealkylation sites (tertiary alicyclic amines) is 1. The summed E-state index contributed by atoms with van der Waals surface area (Å²) in [4.78, 5) is 2.72. The van der Waals surface area contributed by atoms with E-state index in [1.807, 2.05) is 0 Å². The van der Waals surface area contributed by atoms with Gasteiger partial charge in [0.05, 0.1) is 0 Å². The molecular formula is C22H45N. The fourth-order valence-corrected chi connectivity index (χ4v) is 3.89. The summed E-state index contributed by atoms with van der Waals surface area (Å²) in [7, 11) is 0. The molecule has 1 saturated heterocycles. The number of hydrogen-bond acceptors (Lipinski definition) is 1. The highest BCUT2D eigenvalue weighted by atomic mass is 15.1. The van der Waals surface area contributed by atoms with Crippen LogP contribution < -0.4 is 0 Å². The summed E-state index contributed by atoms with van der Waals surface area (Å²) in [5, 5.41) is 0. The van der Waals surface area contributed by atoms with Crippen LogP contribution in [0.1, 0.15) is 122 Å². The van der Waals surface area contributed by atoms with E-state index in [0.717, 1.165) is 0 Å². The van der Waals surface area contributed by atoms with Crippen molar-refractivity contribution >= 4 is 0 Å². The van der Waals surface area contributed by atoms with Crippen LogP contribution in [-0.2, 0) is 0 Å². The number of hydrogen-bond donors (Lipinski definition) is 0. The second-order valence-corrected chi connectivity index (χ2v) is 7.85. The molecule has 0 N–H and O–H groups in total. The van der Waals surface area contributed by atoms with Gasteiger partial charge in [-0.15, -0.1) is 0 Å². The molecule has 138 valence electrons. The molecule has 0 aromatic heterocycles. The number of unbranched alkanes of at least 4 members (excludes halogenated alkanes) is 13. The van der Waals surface area contributed by atoms with E-state index < -0.39 is 0 Å². The zero-order valence-electron chi connectivity index (χ0n) is 16.3. The second kappa shape index (κ2) is 16.8. The molecule has 1 aliphatic rings. The van der Waals surface area contributed by atoms with Crippen molar-refractivity contribution in [3.05, 3.63) is 0 Å². The molecule has 0 aromatic carbocycles. The Morgan fingerprint density at radius 2 is 0.870 bits per heavy atom. The lowest BCUT2D eigenvalue weighted by molar-refractivity contribution is 0.277. The maximum Gasteiger partial charge on any atom is -0.00187 e. The fraction of sp³-hybridized carbons (Fsp3) is 1.00. The Morgan fingerprint density at radius 1 is 0.478 bits per heavy atom. The Labute approximate surface area is 147 Å². The summed E-state index contributed by atoms with van der Waals surface area (Å²) in [6, 6.07) is 0. The minimum Gasteiger partial charge on any atom is -0.303 e. The predicted octanol–water partition coefficient (Wildman–Crippen LogP) is 7.34. The fourth-order valence-electron chi connectivity index (χ4n) is 3.89. The van der Waals surface area contributed by atoms with E-state index in [-0.39, 0.29) is 0 Å². The largest absolute Gasteiger partial charge is 0.303 e. The van der Waals surface area contributed by atoms with Gasteiger partial charge in [0.1, 0.15) is 0 Å². The van der Waals surface area contributed by atoms with Gasteiger partial charge in [0.15, 0.2) is 0 Å². The molecule has 0 aliphatic carbocycles. The van der Waals surface area contributed by atoms with Gasteiger partial charge in [-0.25, -0.2) is 0 Å². The first-order valence-electron chi connectivity index (χ1n) is 11.2. The Morgan fingerprint density at radius 3 is 1.30 bits per heavy atom. The van der Waals surface area contributed by atoms with E-state index >= 15 is 0 Å². The molecule has 0 radical (unpaired) electrons. The van der Waals surface area contributed by atoms with Gasteiger partial charge in [0, 0.05) is 0 Å². The Balaban J connectivity index is 1.71. The van der Waals surface area contributed by atoms with Crippen molar-refractivity contribution in [2.45, 2.75) is 122 Å². The van der Waals surface area contributed by atoms with E-state index in [0.29, 0.717) is 0 Å². The predicted molar refractivity (Wildman–Crippen MR) is 105 cm³/mol. The van der Waals surface area contributed by atoms with Gasteiger partial charge in [0.2, 0.25) is 0 Å². The molecule has 1 heteroatoms. The number of rotatable bonds is 15. The molecule has 0 amide bonds. The molecule has 1 fully saturated rings. The SMILES string of the molecule is CCCCCCCCCCCCCCCCN1CCCCCC1. The minimum absolute atomic E-state index is 1.37. The molecule has 0 aromatic rings. The van der Waals surface area contributed by atoms with Crippen molar-refractivity contribution in [1.82, 2.24) is 4.90 Å². The highest BCUT2D eigenvalue weighted by Crippen LogP contribution is 2.14. The summed E-state index contributed by atoms with van der Waals surface area (Å²) in [5.74, 6) is 0. The van der Waals surface area contributed by atoms with Crippen molar-refractivity contribution in [2.75, 3.05) is 19.6 Å². The standard InChI is InChI=1S/C22H45N/c1-2-3-4-5-6-7-8-9-10-11-12-13-14-17-20-23-21-18-15-16-19-22-23/h2-22H2,1H3. The van der Waals surface area contributed by atoms with Crippen molar-refractivity contribution in [1.29, 1.82) is 0 Å². The molecule has 0 spiro atoms. The third kappa shape index (κ3) is 14.0. The Bertz CT molecular complexity index is 218. The van der Waals surface area contributed by atoms with Crippen LogP contribution in [0.4, 0.5) is 0 Å². The third-order valence-corrected chi connectivity index (χ3v) is 5.53. The molecule has 0 atom stereocenters. The van der Waals surface area contributed by atoms with Crippen LogP contribution in [0.2, 0.25) is 0 Å². The summed E-state index contributed by atoms with van der Waals surface area (Å²) in [6.07, 6.45) is 26.4. The Kier molecular flexibility index (Phi) is 15.3. The van der Waals surface area contributed by atoms with Crippen molar-refractivity contribution in [3.8, 4) is 0 Å². The first-order valence-corrected chi connectivity index (χ1v) is 11.2. The lowest BCUT2D eigenvalue weighted by Crippen LogP contribution is -2.25. The normalized spacial score (nSPS) is 16.6. The highest BCUT2D eigenvalue weighted by molar-refractivity contribution is 4.63. The maximum absolute atomic E-state index is 2.72. The van der Waals surface area contributed by atoms with Crippen LogP contribution in [0.15, 0.2) is 0 Å². The summed E-state index contributed by atoms with van der Waals surface area (Å²) < 4.78 is 0. The third-order valence-electron chi connectivity index (χ3n) is 5.53. The van der Waals surface area contributed by atoms with E-state index in [2.05, 4.69) is 11.8 Å². The monoisotopic (exact) mass is 323 g/mol. The van der Waals surface area contributed by atoms with Gasteiger partial charge in [0.25, 0.3) is 0 Å². The van der Waals surface area contributed by atoms with Gasteiger partial charge >= 0.3 is 0 Å². The molecule has 0 bridgehead atoms. The van der Waals surface area contributed by atoms with Gasteiger partial charge in [-0.3, -0.25) is 0 Å². The van der Waals surface area contributed by atoms with E-state index in [1.165, 1.54) is 135 Å². The summed E-state index contributed by atoms with van der Waals surface area (Å²) >= 11 is 0. The topological polar surface area (TPSA) is 3.24 Å². The summed E-state index contributed by atoms with van der Waals surface area (Å²) in [5.41, 5.74) is 0.